The van der Waals surface area contributed by atoms with Gasteiger partial charge in [-0.15, -0.1) is 0 Å². The number of hydrogen-bond acceptors (Lipinski definition) is 4. The molecule has 0 bridgehead atoms. The highest BCUT2D eigenvalue weighted by Gasteiger charge is 2.05. The Hall–Kier alpha value is -2.74. The second-order valence-corrected chi connectivity index (χ2v) is 3.93. The molecule has 21 heavy (non-hydrogen) atoms. The van der Waals surface area contributed by atoms with E-state index in [0.717, 1.165) is 5.56 Å². The summed E-state index contributed by atoms with van der Waals surface area (Å²) in [6, 6.07) is 7.02. The van der Waals surface area contributed by atoms with Crippen molar-refractivity contribution in [2.75, 3.05) is 13.2 Å². The average Bonchev–Trinajstić information content (AvgIpc) is 2.46. The number of ether oxygens (including phenoxy) is 2. The van der Waals surface area contributed by atoms with Crippen molar-refractivity contribution in [3.63, 3.8) is 0 Å². The molecular weight excluding hydrogens is 270 g/mol. The minimum Gasteiger partial charge on any atom is -0.490 e. The van der Waals surface area contributed by atoms with Gasteiger partial charge in [0.1, 0.15) is 11.6 Å². The molecule has 0 atom stereocenters. The first-order valence-corrected chi connectivity index (χ1v) is 6.53. The zero-order valence-corrected chi connectivity index (χ0v) is 12.0. The number of benzene rings is 1. The summed E-state index contributed by atoms with van der Waals surface area (Å²) in [5, 5.41) is 17.4. The summed E-state index contributed by atoms with van der Waals surface area (Å²) in [4.78, 5) is 10.7. The Labute approximate surface area is 123 Å². The van der Waals surface area contributed by atoms with Gasteiger partial charge in [-0.3, -0.25) is 0 Å². The zero-order chi connectivity index (χ0) is 15.7. The maximum absolute atomic E-state index is 10.7. The molecule has 0 unspecified atom stereocenters. The van der Waals surface area contributed by atoms with E-state index in [9.17, 15) is 4.79 Å². The van der Waals surface area contributed by atoms with Crippen LogP contribution in [0.1, 0.15) is 19.4 Å². The van der Waals surface area contributed by atoms with Crippen LogP contribution in [0.5, 0.6) is 11.5 Å². The molecule has 0 aliphatic heterocycles. The first-order chi connectivity index (χ1) is 10.1. The molecule has 0 fully saturated rings. The van der Waals surface area contributed by atoms with E-state index in [-0.39, 0.29) is 5.57 Å². The molecular formula is C16H17NO4. The van der Waals surface area contributed by atoms with Crippen molar-refractivity contribution in [1.29, 1.82) is 5.26 Å². The number of carboxylic acids is 1. The van der Waals surface area contributed by atoms with Crippen molar-refractivity contribution in [3.05, 3.63) is 41.5 Å². The molecule has 0 spiro atoms. The van der Waals surface area contributed by atoms with Gasteiger partial charge >= 0.3 is 5.97 Å². The Balaban J connectivity index is 2.97. The summed E-state index contributed by atoms with van der Waals surface area (Å²) >= 11 is 0. The summed E-state index contributed by atoms with van der Waals surface area (Å²) in [7, 11) is 0. The number of allylic oxidation sites excluding steroid dienone is 2. The summed E-state index contributed by atoms with van der Waals surface area (Å²) < 4.78 is 11.0. The lowest BCUT2D eigenvalue weighted by atomic mass is 10.1. The van der Waals surface area contributed by atoms with Gasteiger partial charge in [0, 0.05) is 0 Å². The molecule has 0 heterocycles. The van der Waals surface area contributed by atoms with Crippen molar-refractivity contribution in [2.45, 2.75) is 13.8 Å². The summed E-state index contributed by atoms with van der Waals surface area (Å²) in [6.45, 7) is 4.84. The monoisotopic (exact) mass is 287 g/mol. The van der Waals surface area contributed by atoms with Gasteiger partial charge < -0.3 is 14.6 Å². The molecule has 1 aromatic rings. The predicted molar refractivity (Wildman–Crippen MR) is 79.1 cm³/mol. The fraction of sp³-hybridized carbons (Fsp3) is 0.250. The number of carboxylic acid groups (broad SMARTS) is 1. The fourth-order valence-electron chi connectivity index (χ4n) is 1.58. The number of hydrogen-bond donors (Lipinski definition) is 1. The standard InChI is InChI=1S/C16H17NO4/c1-3-20-14-9-8-12(10-15(14)21-4-2)6-5-7-13(11-17)16(18)19/h5-10H,3-4H2,1-2H3,(H,18,19)/b6-5+,13-7+. The van der Waals surface area contributed by atoms with Crippen LogP contribution in [0, 0.1) is 11.3 Å². The zero-order valence-electron chi connectivity index (χ0n) is 12.0. The maximum Gasteiger partial charge on any atom is 0.346 e. The van der Waals surface area contributed by atoms with Gasteiger partial charge in [-0.1, -0.05) is 18.2 Å². The Kier molecular flexibility index (Phi) is 6.55. The highest BCUT2D eigenvalue weighted by molar-refractivity contribution is 5.91. The molecule has 0 radical (unpaired) electrons. The lowest BCUT2D eigenvalue weighted by molar-refractivity contribution is -0.132. The van der Waals surface area contributed by atoms with E-state index in [4.69, 9.17) is 19.8 Å². The first kappa shape index (κ1) is 16.3. The number of nitriles is 1. The molecule has 0 aliphatic carbocycles. The van der Waals surface area contributed by atoms with Gasteiger partial charge in [-0.25, -0.2) is 4.79 Å². The van der Waals surface area contributed by atoms with Crippen molar-refractivity contribution in [2.24, 2.45) is 0 Å². The fourth-order valence-corrected chi connectivity index (χ4v) is 1.58. The van der Waals surface area contributed by atoms with Gasteiger partial charge in [-0.2, -0.15) is 5.26 Å². The van der Waals surface area contributed by atoms with E-state index in [1.54, 1.807) is 24.3 Å². The SMILES string of the molecule is CCOc1ccc(/C=C/C=C(\C#N)C(=O)O)cc1OCC. The normalized spacial score (nSPS) is 11.2. The van der Waals surface area contributed by atoms with E-state index in [0.29, 0.717) is 24.7 Å². The van der Waals surface area contributed by atoms with Crippen LogP contribution < -0.4 is 9.47 Å². The van der Waals surface area contributed by atoms with Crippen molar-refractivity contribution < 1.29 is 19.4 Å². The van der Waals surface area contributed by atoms with Gasteiger partial charge in [0.25, 0.3) is 0 Å². The van der Waals surface area contributed by atoms with Crippen molar-refractivity contribution in [1.82, 2.24) is 0 Å². The van der Waals surface area contributed by atoms with Crippen LogP contribution in [0.2, 0.25) is 0 Å². The largest absolute Gasteiger partial charge is 0.490 e. The third kappa shape index (κ3) is 5.03. The van der Waals surface area contributed by atoms with Gasteiger partial charge in [0.15, 0.2) is 11.5 Å². The Morgan fingerprint density at radius 3 is 2.52 bits per heavy atom. The van der Waals surface area contributed by atoms with Crippen LogP contribution in [0.3, 0.4) is 0 Å². The minimum absolute atomic E-state index is 0.317. The molecule has 0 aromatic heterocycles. The van der Waals surface area contributed by atoms with E-state index < -0.39 is 5.97 Å². The van der Waals surface area contributed by atoms with Gasteiger partial charge in [0.05, 0.1) is 13.2 Å². The molecule has 0 saturated heterocycles. The third-order valence-corrected chi connectivity index (χ3v) is 2.47. The molecule has 1 aromatic carbocycles. The highest BCUT2D eigenvalue weighted by Crippen LogP contribution is 2.29. The van der Waals surface area contributed by atoms with E-state index in [1.807, 2.05) is 19.9 Å². The summed E-state index contributed by atoms with van der Waals surface area (Å²) in [5.41, 5.74) is 0.503. The lowest BCUT2D eigenvalue weighted by Crippen LogP contribution is -1.98. The second kappa shape index (κ2) is 8.43. The van der Waals surface area contributed by atoms with Gasteiger partial charge in [-0.05, 0) is 37.6 Å². The summed E-state index contributed by atoms with van der Waals surface area (Å²) in [5.74, 6) is 0.0448. The Bertz CT molecular complexity index is 597. The molecule has 5 heteroatoms. The van der Waals surface area contributed by atoms with Crippen LogP contribution in [-0.2, 0) is 4.79 Å². The van der Waals surface area contributed by atoms with Crippen LogP contribution in [-0.4, -0.2) is 24.3 Å². The molecule has 1 rings (SSSR count). The smallest absolute Gasteiger partial charge is 0.346 e. The predicted octanol–water partition coefficient (Wildman–Crippen LogP) is 3.03. The average molecular weight is 287 g/mol. The third-order valence-electron chi connectivity index (χ3n) is 2.47. The van der Waals surface area contributed by atoms with E-state index in [2.05, 4.69) is 0 Å². The molecule has 0 amide bonds. The summed E-state index contributed by atoms with van der Waals surface area (Å²) in [6.07, 6.45) is 4.45. The van der Waals surface area contributed by atoms with Gasteiger partial charge in [0.2, 0.25) is 0 Å². The first-order valence-electron chi connectivity index (χ1n) is 6.53. The molecule has 5 nitrogen and oxygen atoms in total. The molecule has 1 N–H and O–H groups in total. The van der Waals surface area contributed by atoms with Crippen LogP contribution in [0.15, 0.2) is 35.9 Å². The molecule has 110 valence electrons. The maximum atomic E-state index is 10.7. The van der Waals surface area contributed by atoms with Crippen molar-refractivity contribution >= 4 is 12.0 Å². The lowest BCUT2D eigenvalue weighted by Gasteiger charge is -2.11. The van der Waals surface area contributed by atoms with E-state index >= 15 is 0 Å². The van der Waals surface area contributed by atoms with E-state index in [1.165, 1.54) is 12.2 Å². The minimum atomic E-state index is -1.25. The quantitative estimate of drug-likeness (QED) is 0.473. The Morgan fingerprint density at radius 1 is 1.29 bits per heavy atom. The topological polar surface area (TPSA) is 79.5 Å². The van der Waals surface area contributed by atoms with Crippen molar-refractivity contribution in [3.8, 4) is 17.6 Å². The van der Waals surface area contributed by atoms with Crippen LogP contribution in [0.25, 0.3) is 6.08 Å². The number of carbonyl (C=O) groups is 1. The number of rotatable bonds is 7. The Morgan fingerprint density at radius 2 is 1.95 bits per heavy atom. The number of aliphatic carboxylic acids is 1. The second-order valence-electron chi connectivity index (χ2n) is 3.93. The van der Waals surface area contributed by atoms with Crippen LogP contribution >= 0.6 is 0 Å². The highest BCUT2D eigenvalue weighted by atomic mass is 16.5. The number of nitrogens with zero attached hydrogens (tertiary/aromatic N) is 1. The molecule has 0 aliphatic rings. The molecule has 0 saturated carbocycles. The van der Waals surface area contributed by atoms with Crippen LogP contribution in [0.4, 0.5) is 0 Å².